The molecular formula is C61H110O5. The first-order valence-electron chi connectivity index (χ1n) is 28.8. The summed E-state index contributed by atoms with van der Waals surface area (Å²) in [6.45, 7) is 4.04. The summed E-state index contributed by atoms with van der Waals surface area (Å²) in [6.07, 6.45) is 76.4. The average molecular weight is 924 g/mol. The highest BCUT2D eigenvalue weighted by Crippen LogP contribution is 2.17. The van der Waals surface area contributed by atoms with Crippen molar-refractivity contribution in [1.29, 1.82) is 0 Å². The molecule has 0 aromatic carbocycles. The van der Waals surface area contributed by atoms with Gasteiger partial charge in [-0.25, -0.2) is 0 Å². The fourth-order valence-electron chi connectivity index (χ4n) is 8.49. The fraction of sp³-hybridized carbons (Fsp3) is 0.803. The highest BCUT2D eigenvalue weighted by Gasteiger charge is 2.16. The summed E-state index contributed by atoms with van der Waals surface area (Å²) in [6, 6.07) is 0. The first-order valence-corrected chi connectivity index (χ1v) is 28.8. The Morgan fingerprint density at radius 1 is 0.364 bits per heavy atom. The molecule has 0 amide bonds. The molecule has 0 rings (SSSR count). The molecule has 0 saturated heterocycles. The molecule has 0 aliphatic heterocycles. The predicted octanol–water partition coefficient (Wildman–Crippen LogP) is 19.4. The van der Waals surface area contributed by atoms with E-state index in [-0.39, 0.29) is 25.2 Å². The number of rotatable bonds is 53. The summed E-state index contributed by atoms with van der Waals surface area (Å²) >= 11 is 0. The first-order chi connectivity index (χ1) is 32.6. The predicted molar refractivity (Wildman–Crippen MR) is 288 cm³/mol. The lowest BCUT2D eigenvalue weighted by Gasteiger charge is -2.15. The second-order valence-electron chi connectivity index (χ2n) is 19.3. The van der Waals surface area contributed by atoms with Crippen molar-refractivity contribution in [2.45, 2.75) is 302 Å². The summed E-state index contributed by atoms with van der Waals surface area (Å²) < 4.78 is 10.7. The lowest BCUT2D eigenvalue weighted by atomic mass is 10.0. The maximum Gasteiger partial charge on any atom is 0.306 e. The topological polar surface area (TPSA) is 72.8 Å². The zero-order chi connectivity index (χ0) is 47.7. The maximum absolute atomic E-state index is 12.3. The van der Waals surface area contributed by atoms with Crippen LogP contribution in [0.4, 0.5) is 0 Å². The van der Waals surface area contributed by atoms with Crippen LogP contribution in [0.5, 0.6) is 0 Å². The maximum atomic E-state index is 12.3. The van der Waals surface area contributed by atoms with Gasteiger partial charge in [-0.05, 0) is 77.0 Å². The SMILES string of the molecule is CC/C=C\C/C=C\C/C=C\C/C=C\CCCCCCCCCCCCCCCCCCCCCCCCCCC(=O)OC(CO)COC(=O)CCCCCCC/C=C\CCCCCCCC. The molecule has 0 aromatic heterocycles. The van der Waals surface area contributed by atoms with Crippen molar-refractivity contribution < 1.29 is 24.2 Å². The summed E-state index contributed by atoms with van der Waals surface area (Å²) in [5.74, 6) is -0.588. The van der Waals surface area contributed by atoms with Gasteiger partial charge in [0.1, 0.15) is 6.61 Å². The highest BCUT2D eigenvalue weighted by atomic mass is 16.6. The van der Waals surface area contributed by atoms with Gasteiger partial charge < -0.3 is 14.6 Å². The van der Waals surface area contributed by atoms with Gasteiger partial charge in [-0.1, -0.05) is 267 Å². The number of carbonyl (C=O) groups excluding carboxylic acids is 2. The van der Waals surface area contributed by atoms with Crippen molar-refractivity contribution in [3.05, 3.63) is 60.8 Å². The van der Waals surface area contributed by atoms with Crippen molar-refractivity contribution in [3.63, 3.8) is 0 Å². The molecule has 0 aliphatic rings. The van der Waals surface area contributed by atoms with Crippen LogP contribution in [-0.4, -0.2) is 36.4 Å². The van der Waals surface area contributed by atoms with E-state index in [9.17, 15) is 14.7 Å². The van der Waals surface area contributed by atoms with E-state index in [0.717, 1.165) is 70.6 Å². The van der Waals surface area contributed by atoms with Gasteiger partial charge in [0.25, 0.3) is 0 Å². The molecular weight excluding hydrogens is 813 g/mol. The number of aliphatic hydroxyl groups excluding tert-OH is 1. The average Bonchev–Trinajstić information content (AvgIpc) is 3.32. The van der Waals surface area contributed by atoms with Gasteiger partial charge in [-0.2, -0.15) is 0 Å². The van der Waals surface area contributed by atoms with Crippen molar-refractivity contribution in [2.24, 2.45) is 0 Å². The van der Waals surface area contributed by atoms with E-state index < -0.39 is 6.10 Å². The zero-order valence-corrected chi connectivity index (χ0v) is 44.0. The van der Waals surface area contributed by atoms with Crippen molar-refractivity contribution >= 4 is 11.9 Å². The molecule has 5 heteroatoms. The smallest absolute Gasteiger partial charge is 0.306 e. The standard InChI is InChI=1S/C61H110O5/c1-3-5-7-9-11-13-15-17-19-20-21-22-23-24-25-26-27-28-29-30-31-32-33-34-35-36-37-38-39-40-42-44-46-48-50-52-54-56-61(64)66-59(57-62)58-65-60(63)55-53-51-49-47-45-43-41-18-16-14-12-10-8-6-4-2/h5,7,11,13,17-19,21-22,41,59,62H,3-4,6,8-10,12,14-16,20,23-40,42-58H2,1-2H3/b7-5-,13-11-,19-17-,22-21-,41-18-. The second-order valence-corrected chi connectivity index (χ2v) is 19.3. The Hall–Kier alpha value is -2.40. The Balaban J connectivity index is 3.40. The van der Waals surface area contributed by atoms with Gasteiger partial charge in [-0.15, -0.1) is 0 Å². The van der Waals surface area contributed by atoms with E-state index in [4.69, 9.17) is 9.47 Å². The molecule has 0 aromatic rings. The minimum Gasteiger partial charge on any atom is -0.462 e. The number of ether oxygens (including phenoxy) is 2. The molecule has 1 atom stereocenters. The van der Waals surface area contributed by atoms with E-state index >= 15 is 0 Å². The number of unbranched alkanes of at least 4 members (excludes halogenated alkanes) is 35. The number of carbonyl (C=O) groups is 2. The molecule has 0 bridgehead atoms. The van der Waals surface area contributed by atoms with E-state index in [2.05, 4.69) is 74.6 Å². The fourth-order valence-corrected chi connectivity index (χ4v) is 8.49. The van der Waals surface area contributed by atoms with Gasteiger partial charge in [0.2, 0.25) is 0 Å². The quantitative estimate of drug-likeness (QED) is 0.0374. The molecule has 1 unspecified atom stereocenters. The lowest BCUT2D eigenvalue weighted by molar-refractivity contribution is -0.161. The Bertz CT molecular complexity index is 1130. The number of hydrogen-bond acceptors (Lipinski definition) is 5. The minimum atomic E-state index is -0.773. The van der Waals surface area contributed by atoms with Crippen LogP contribution in [0.1, 0.15) is 296 Å². The van der Waals surface area contributed by atoms with Crippen molar-refractivity contribution in [3.8, 4) is 0 Å². The Morgan fingerprint density at radius 2 is 0.652 bits per heavy atom. The van der Waals surface area contributed by atoms with Gasteiger partial charge in [-0.3, -0.25) is 9.59 Å². The van der Waals surface area contributed by atoms with Crippen molar-refractivity contribution in [1.82, 2.24) is 0 Å². The van der Waals surface area contributed by atoms with E-state index in [0.29, 0.717) is 12.8 Å². The lowest BCUT2D eigenvalue weighted by Crippen LogP contribution is -2.28. The normalized spacial score (nSPS) is 12.6. The molecule has 66 heavy (non-hydrogen) atoms. The van der Waals surface area contributed by atoms with Crippen LogP contribution in [0.3, 0.4) is 0 Å². The third-order valence-electron chi connectivity index (χ3n) is 12.8. The largest absolute Gasteiger partial charge is 0.462 e. The van der Waals surface area contributed by atoms with Gasteiger partial charge >= 0.3 is 11.9 Å². The van der Waals surface area contributed by atoms with E-state index in [1.165, 1.54) is 199 Å². The van der Waals surface area contributed by atoms with Gasteiger partial charge in [0, 0.05) is 12.8 Å². The third-order valence-corrected chi connectivity index (χ3v) is 12.8. The molecule has 384 valence electrons. The third kappa shape index (κ3) is 54.2. The van der Waals surface area contributed by atoms with Gasteiger partial charge in [0.05, 0.1) is 6.61 Å². The van der Waals surface area contributed by atoms with E-state index in [1.54, 1.807) is 0 Å². The van der Waals surface area contributed by atoms with Crippen molar-refractivity contribution in [2.75, 3.05) is 13.2 Å². The monoisotopic (exact) mass is 923 g/mol. The number of allylic oxidation sites excluding steroid dienone is 10. The van der Waals surface area contributed by atoms with Gasteiger partial charge in [0.15, 0.2) is 6.10 Å². The van der Waals surface area contributed by atoms with E-state index in [1.807, 2.05) is 0 Å². The Morgan fingerprint density at radius 3 is 1.00 bits per heavy atom. The van der Waals surface area contributed by atoms with Crippen LogP contribution in [0.15, 0.2) is 60.8 Å². The summed E-state index contributed by atoms with van der Waals surface area (Å²) in [5, 5.41) is 9.63. The summed E-state index contributed by atoms with van der Waals surface area (Å²) in [5.41, 5.74) is 0. The highest BCUT2D eigenvalue weighted by molar-refractivity contribution is 5.70. The van der Waals surface area contributed by atoms with Crippen LogP contribution in [-0.2, 0) is 19.1 Å². The summed E-state index contributed by atoms with van der Waals surface area (Å²) in [7, 11) is 0. The van der Waals surface area contributed by atoms with Crippen LogP contribution < -0.4 is 0 Å². The molecule has 0 heterocycles. The second kappa shape index (κ2) is 56.9. The number of aliphatic hydroxyl groups is 1. The van der Waals surface area contributed by atoms with Crippen LogP contribution in [0, 0.1) is 0 Å². The zero-order valence-electron chi connectivity index (χ0n) is 44.0. The molecule has 1 N–H and O–H groups in total. The molecule has 0 spiro atoms. The van der Waals surface area contributed by atoms with Crippen LogP contribution >= 0.6 is 0 Å². The molecule has 0 radical (unpaired) electrons. The summed E-state index contributed by atoms with van der Waals surface area (Å²) in [4.78, 5) is 24.5. The number of hydrogen-bond donors (Lipinski definition) is 1. The molecule has 5 nitrogen and oxygen atoms in total. The molecule has 0 fully saturated rings. The van der Waals surface area contributed by atoms with Crippen LogP contribution in [0.25, 0.3) is 0 Å². The molecule has 0 aliphatic carbocycles. The number of esters is 2. The first kappa shape index (κ1) is 63.6. The van der Waals surface area contributed by atoms with Crippen LogP contribution in [0.2, 0.25) is 0 Å². The molecule has 0 saturated carbocycles. The Kier molecular flexibility index (Phi) is 54.9. The Labute approximate surface area is 411 Å². The minimum absolute atomic E-state index is 0.0668.